The van der Waals surface area contributed by atoms with Gasteiger partial charge in [0.2, 0.25) is 10.0 Å². The van der Waals surface area contributed by atoms with E-state index in [1.54, 1.807) is 32.9 Å². The summed E-state index contributed by atoms with van der Waals surface area (Å²) < 4.78 is 59.5. The Morgan fingerprint density at radius 3 is 2.08 bits per heavy atom. The van der Waals surface area contributed by atoms with Crippen LogP contribution in [-0.2, 0) is 20.0 Å². The van der Waals surface area contributed by atoms with Crippen LogP contribution in [0.15, 0.2) is 52.3 Å². The van der Waals surface area contributed by atoms with E-state index in [-0.39, 0.29) is 27.3 Å². The van der Waals surface area contributed by atoms with Gasteiger partial charge in [-0.25, -0.2) is 21.6 Å². The number of rotatable bonds is 7. The second-order valence-electron chi connectivity index (χ2n) is 6.06. The number of benzene rings is 2. The molecule has 2 aromatic rings. The number of hydrogen-bond donors (Lipinski definition) is 2. The van der Waals surface area contributed by atoms with Gasteiger partial charge < -0.3 is 4.74 Å². The van der Waals surface area contributed by atoms with Crippen molar-refractivity contribution in [2.24, 2.45) is 0 Å². The second-order valence-corrected chi connectivity index (χ2v) is 9.42. The normalized spacial score (nSPS) is 12.2. The Hall–Kier alpha value is -2.10. The monoisotopic (exact) mass is 398 g/mol. The molecule has 0 aliphatic heterocycles. The molecule has 0 aliphatic rings. The molecule has 0 aromatic heterocycles. The minimum absolute atomic E-state index is 0.0122. The van der Waals surface area contributed by atoms with E-state index in [2.05, 4.69) is 9.44 Å². The van der Waals surface area contributed by atoms with Crippen molar-refractivity contribution in [3.8, 4) is 5.75 Å². The summed E-state index contributed by atoms with van der Waals surface area (Å²) in [7, 11) is -6.13. The van der Waals surface area contributed by atoms with Crippen LogP contribution in [0.25, 0.3) is 0 Å². The lowest BCUT2D eigenvalue weighted by Crippen LogP contribution is -2.30. The molecule has 0 saturated heterocycles. The van der Waals surface area contributed by atoms with Crippen LogP contribution in [0.5, 0.6) is 5.75 Å². The fraction of sp³-hybridized carbons (Fsp3) is 0.294. The average Bonchev–Trinajstić information content (AvgIpc) is 2.53. The molecule has 0 atom stereocenters. The van der Waals surface area contributed by atoms with E-state index < -0.39 is 20.0 Å². The molecule has 142 valence electrons. The number of nitrogens with one attached hydrogen (secondary N) is 2. The Bertz CT molecular complexity index is 982. The second kappa shape index (κ2) is 7.65. The molecule has 9 heteroatoms. The molecule has 2 rings (SSSR count). The van der Waals surface area contributed by atoms with Crippen molar-refractivity contribution in [1.29, 1.82) is 0 Å². The largest absolute Gasteiger partial charge is 0.495 e. The van der Waals surface area contributed by atoms with Crippen LogP contribution in [0.4, 0.5) is 5.69 Å². The minimum Gasteiger partial charge on any atom is -0.495 e. The van der Waals surface area contributed by atoms with E-state index >= 15 is 0 Å². The third-order valence-electron chi connectivity index (χ3n) is 3.42. The van der Waals surface area contributed by atoms with Crippen molar-refractivity contribution >= 4 is 25.7 Å². The molecule has 0 spiro atoms. The Morgan fingerprint density at radius 1 is 0.923 bits per heavy atom. The van der Waals surface area contributed by atoms with Gasteiger partial charge in [0.1, 0.15) is 10.6 Å². The van der Waals surface area contributed by atoms with Gasteiger partial charge >= 0.3 is 0 Å². The van der Waals surface area contributed by atoms with Crippen molar-refractivity contribution in [3.05, 3.63) is 48.0 Å². The lowest BCUT2D eigenvalue weighted by Gasteiger charge is -2.13. The summed E-state index contributed by atoms with van der Waals surface area (Å²) in [6.45, 7) is 5.21. The zero-order valence-electron chi connectivity index (χ0n) is 15.0. The van der Waals surface area contributed by atoms with E-state index in [4.69, 9.17) is 4.74 Å². The zero-order valence-corrected chi connectivity index (χ0v) is 16.6. The quantitative estimate of drug-likeness (QED) is 0.746. The first-order valence-corrected chi connectivity index (χ1v) is 10.8. The molecule has 0 unspecified atom stereocenters. The van der Waals surface area contributed by atoms with Gasteiger partial charge in [-0.3, -0.25) is 4.72 Å². The van der Waals surface area contributed by atoms with Crippen LogP contribution < -0.4 is 14.2 Å². The number of methoxy groups -OCH3 is 1. The topological polar surface area (TPSA) is 102 Å². The average molecular weight is 399 g/mol. The van der Waals surface area contributed by atoms with Crippen LogP contribution in [0.2, 0.25) is 0 Å². The maximum Gasteiger partial charge on any atom is 0.265 e. The highest BCUT2D eigenvalue weighted by Crippen LogP contribution is 2.27. The predicted molar refractivity (Wildman–Crippen MR) is 100 cm³/mol. The van der Waals surface area contributed by atoms with E-state index in [9.17, 15) is 16.8 Å². The first kappa shape index (κ1) is 20.2. The molecule has 0 heterocycles. The third kappa shape index (κ3) is 4.75. The van der Waals surface area contributed by atoms with Gasteiger partial charge in [0, 0.05) is 11.7 Å². The molecule has 0 bridgehead atoms. The summed E-state index contributed by atoms with van der Waals surface area (Å²) in [6.07, 6.45) is 0. The highest BCUT2D eigenvalue weighted by Gasteiger charge is 2.21. The molecule has 0 radical (unpaired) electrons. The molecule has 0 amide bonds. The van der Waals surface area contributed by atoms with Crippen LogP contribution in [0.1, 0.15) is 19.4 Å². The van der Waals surface area contributed by atoms with E-state index in [1.165, 1.54) is 37.4 Å². The van der Waals surface area contributed by atoms with Gasteiger partial charge in [-0.2, -0.15) is 0 Å². The smallest absolute Gasteiger partial charge is 0.265 e. The number of aryl methyl sites for hydroxylation is 1. The Morgan fingerprint density at radius 2 is 1.54 bits per heavy atom. The van der Waals surface area contributed by atoms with Crippen molar-refractivity contribution in [2.75, 3.05) is 11.8 Å². The summed E-state index contributed by atoms with van der Waals surface area (Å²) >= 11 is 0. The standard InChI is InChI=1S/C17H22N2O5S2/c1-12(2)18-25(20,21)15-8-6-14(7-9-15)19-26(22,23)17-11-13(3)5-10-16(17)24-4/h5-12,18-19H,1-4H3. The SMILES string of the molecule is COc1ccc(C)cc1S(=O)(=O)Nc1ccc(S(=O)(=O)NC(C)C)cc1. The zero-order chi connectivity index (χ0) is 19.5. The maximum atomic E-state index is 12.6. The van der Waals surface area contributed by atoms with Crippen molar-refractivity contribution < 1.29 is 21.6 Å². The van der Waals surface area contributed by atoms with Crippen molar-refractivity contribution in [1.82, 2.24) is 4.72 Å². The molecular weight excluding hydrogens is 376 g/mol. The molecular formula is C17H22N2O5S2. The summed E-state index contributed by atoms with van der Waals surface area (Å²) in [6, 6.07) is 10.1. The number of hydrogen-bond acceptors (Lipinski definition) is 5. The van der Waals surface area contributed by atoms with Gasteiger partial charge in [0.05, 0.1) is 12.0 Å². The van der Waals surface area contributed by atoms with Crippen LogP contribution in [-0.4, -0.2) is 30.0 Å². The summed E-state index contributed by atoms with van der Waals surface area (Å²) in [4.78, 5) is 0.0699. The number of anilines is 1. The molecule has 2 N–H and O–H groups in total. The van der Waals surface area contributed by atoms with Crippen molar-refractivity contribution in [3.63, 3.8) is 0 Å². The van der Waals surface area contributed by atoms with Gasteiger partial charge in [-0.1, -0.05) is 6.07 Å². The Kier molecular flexibility index (Phi) is 5.94. The van der Waals surface area contributed by atoms with Crippen LogP contribution in [0, 0.1) is 6.92 Å². The van der Waals surface area contributed by atoms with Crippen molar-refractivity contribution in [2.45, 2.75) is 36.6 Å². The van der Waals surface area contributed by atoms with Gasteiger partial charge in [-0.15, -0.1) is 0 Å². The molecule has 0 fully saturated rings. The highest BCUT2D eigenvalue weighted by molar-refractivity contribution is 7.92. The number of sulfonamides is 2. The minimum atomic E-state index is -3.89. The first-order valence-electron chi connectivity index (χ1n) is 7.85. The summed E-state index contributed by atoms with van der Waals surface area (Å²) in [5.74, 6) is 0.225. The van der Waals surface area contributed by atoms with Gasteiger partial charge in [0.15, 0.2) is 0 Å². The third-order valence-corrected chi connectivity index (χ3v) is 6.49. The Labute approximate surface area is 154 Å². The number of ether oxygens (including phenoxy) is 1. The maximum absolute atomic E-state index is 12.6. The summed E-state index contributed by atoms with van der Waals surface area (Å²) in [5, 5.41) is 0. The lowest BCUT2D eigenvalue weighted by molar-refractivity contribution is 0.402. The fourth-order valence-electron chi connectivity index (χ4n) is 2.28. The molecule has 26 heavy (non-hydrogen) atoms. The van der Waals surface area contributed by atoms with Gasteiger partial charge in [0.25, 0.3) is 10.0 Å². The summed E-state index contributed by atoms with van der Waals surface area (Å²) in [5.41, 5.74) is 1.02. The van der Waals surface area contributed by atoms with E-state index in [0.29, 0.717) is 0 Å². The van der Waals surface area contributed by atoms with Gasteiger partial charge in [-0.05, 0) is 62.7 Å². The molecule has 2 aromatic carbocycles. The predicted octanol–water partition coefficient (Wildman–Crippen LogP) is 2.49. The Balaban J connectivity index is 2.30. The molecule has 0 saturated carbocycles. The van der Waals surface area contributed by atoms with Crippen LogP contribution >= 0.6 is 0 Å². The fourth-order valence-corrected chi connectivity index (χ4v) is 4.85. The van der Waals surface area contributed by atoms with E-state index in [1.807, 2.05) is 0 Å². The first-order chi connectivity index (χ1) is 12.0. The molecule has 0 aliphatic carbocycles. The molecule has 7 nitrogen and oxygen atoms in total. The highest BCUT2D eigenvalue weighted by atomic mass is 32.2. The van der Waals surface area contributed by atoms with Crippen LogP contribution in [0.3, 0.4) is 0 Å². The lowest BCUT2D eigenvalue weighted by atomic mass is 10.2. The van der Waals surface area contributed by atoms with E-state index in [0.717, 1.165) is 5.56 Å².